The van der Waals surface area contributed by atoms with Crippen molar-refractivity contribution in [3.8, 4) is 0 Å². The first-order valence-corrected chi connectivity index (χ1v) is 12.6. The first-order chi connectivity index (χ1) is 14.4. The Morgan fingerprint density at radius 3 is 2.70 bits per heavy atom. The van der Waals surface area contributed by atoms with Crippen LogP contribution in [0.1, 0.15) is 91.4 Å². The number of ether oxygens (including phenoxy) is 2. The van der Waals surface area contributed by atoms with Crippen molar-refractivity contribution in [1.29, 1.82) is 0 Å². The van der Waals surface area contributed by atoms with Crippen LogP contribution in [-0.4, -0.2) is 30.1 Å². The molecule has 0 spiro atoms. The maximum absolute atomic E-state index is 12.3. The second-order valence-corrected chi connectivity index (χ2v) is 11.1. The van der Waals surface area contributed by atoms with Crippen molar-refractivity contribution in [2.45, 2.75) is 104 Å². The molecule has 0 aromatic rings. The third-order valence-electron chi connectivity index (χ3n) is 9.54. The van der Waals surface area contributed by atoms with E-state index in [1.807, 2.05) is 6.08 Å². The van der Waals surface area contributed by atoms with Crippen molar-refractivity contribution in [3.05, 3.63) is 12.2 Å². The van der Waals surface area contributed by atoms with Gasteiger partial charge >= 0.3 is 6.16 Å². The molecule has 4 nitrogen and oxygen atoms in total. The second-order valence-electron chi connectivity index (χ2n) is 11.1. The number of hydrogen-bond donors (Lipinski definition) is 1. The molecule has 4 aliphatic rings. The number of aliphatic hydroxyl groups is 1. The molecule has 0 bridgehead atoms. The highest BCUT2D eigenvalue weighted by molar-refractivity contribution is 5.60. The Morgan fingerprint density at radius 1 is 1.07 bits per heavy atom. The molecule has 8 atom stereocenters. The summed E-state index contributed by atoms with van der Waals surface area (Å²) in [6.45, 7) is 7.48. The summed E-state index contributed by atoms with van der Waals surface area (Å²) in [6, 6.07) is 0. The van der Waals surface area contributed by atoms with E-state index in [0.29, 0.717) is 30.3 Å². The molecule has 0 saturated heterocycles. The van der Waals surface area contributed by atoms with E-state index in [2.05, 4.69) is 26.8 Å². The monoisotopic (exact) mass is 418 g/mol. The number of aliphatic hydroxyl groups excluding tert-OH is 1. The zero-order valence-electron chi connectivity index (χ0n) is 19.3. The normalized spacial score (nSPS) is 44.7. The van der Waals surface area contributed by atoms with Gasteiger partial charge in [-0.25, -0.2) is 4.79 Å². The molecule has 0 aliphatic heterocycles. The topological polar surface area (TPSA) is 55.8 Å². The Labute approximate surface area is 182 Å². The zero-order chi connectivity index (χ0) is 21.4. The number of hydrogen-bond acceptors (Lipinski definition) is 4. The van der Waals surface area contributed by atoms with Crippen LogP contribution in [0.15, 0.2) is 12.2 Å². The lowest BCUT2D eigenvalue weighted by molar-refractivity contribution is -0.107. The summed E-state index contributed by atoms with van der Waals surface area (Å²) in [5.74, 6) is 2.65. The van der Waals surface area contributed by atoms with E-state index >= 15 is 0 Å². The molecule has 0 aromatic carbocycles. The van der Waals surface area contributed by atoms with Gasteiger partial charge in [0, 0.05) is 5.41 Å². The lowest BCUT2D eigenvalue weighted by Gasteiger charge is -2.59. The van der Waals surface area contributed by atoms with Gasteiger partial charge in [0.05, 0.1) is 12.7 Å². The van der Waals surface area contributed by atoms with Crippen LogP contribution in [0.2, 0.25) is 0 Å². The van der Waals surface area contributed by atoms with Crippen LogP contribution in [-0.2, 0) is 9.47 Å². The smallest absolute Gasteiger partial charge is 0.434 e. The van der Waals surface area contributed by atoms with Crippen molar-refractivity contribution in [2.24, 2.45) is 34.5 Å². The molecular formula is C26H42O4. The van der Waals surface area contributed by atoms with Crippen molar-refractivity contribution in [1.82, 2.24) is 0 Å². The van der Waals surface area contributed by atoms with Crippen LogP contribution in [0, 0.1) is 34.5 Å². The van der Waals surface area contributed by atoms with Gasteiger partial charge in [-0.15, -0.1) is 0 Å². The van der Waals surface area contributed by atoms with Crippen LogP contribution >= 0.6 is 0 Å². The van der Waals surface area contributed by atoms with Gasteiger partial charge in [0.2, 0.25) is 0 Å². The molecule has 170 valence electrons. The van der Waals surface area contributed by atoms with Crippen LogP contribution < -0.4 is 0 Å². The summed E-state index contributed by atoms with van der Waals surface area (Å²) in [7, 11) is 0. The number of carbonyl (C=O) groups is 1. The fraction of sp³-hybridized carbons (Fsp3) is 0.885. The molecule has 0 unspecified atom stereocenters. The van der Waals surface area contributed by atoms with Crippen LogP contribution in [0.5, 0.6) is 0 Å². The minimum absolute atomic E-state index is 0.000779. The van der Waals surface area contributed by atoms with Gasteiger partial charge in [0.25, 0.3) is 0 Å². The molecule has 0 aromatic heterocycles. The van der Waals surface area contributed by atoms with Gasteiger partial charge in [-0.05, 0) is 80.5 Å². The first kappa shape index (κ1) is 22.2. The largest absolute Gasteiger partial charge is 0.508 e. The zero-order valence-corrected chi connectivity index (χ0v) is 19.3. The molecule has 4 aliphatic carbocycles. The van der Waals surface area contributed by atoms with Crippen molar-refractivity contribution < 1.29 is 19.4 Å². The van der Waals surface area contributed by atoms with E-state index in [9.17, 15) is 9.90 Å². The Kier molecular flexibility index (Phi) is 6.53. The van der Waals surface area contributed by atoms with Crippen molar-refractivity contribution in [2.75, 3.05) is 6.61 Å². The summed E-state index contributed by atoms with van der Waals surface area (Å²) < 4.78 is 11.3. The van der Waals surface area contributed by atoms with Crippen LogP contribution in [0.25, 0.3) is 0 Å². The Morgan fingerprint density at radius 2 is 1.90 bits per heavy atom. The van der Waals surface area contributed by atoms with E-state index in [4.69, 9.17) is 9.47 Å². The third kappa shape index (κ3) is 3.94. The highest BCUT2D eigenvalue weighted by Gasteiger charge is 2.60. The fourth-order valence-corrected chi connectivity index (χ4v) is 7.77. The maximum Gasteiger partial charge on any atom is 0.508 e. The Balaban J connectivity index is 1.38. The number of carbonyl (C=O) groups excluding carboxylic acids is 1. The Hall–Kier alpha value is -1.03. The molecule has 0 radical (unpaired) electrons. The van der Waals surface area contributed by atoms with E-state index in [1.54, 1.807) is 0 Å². The summed E-state index contributed by atoms with van der Waals surface area (Å²) in [4.78, 5) is 12.3. The van der Waals surface area contributed by atoms with Crippen molar-refractivity contribution >= 4 is 6.16 Å². The number of allylic oxidation sites excluding steroid dienone is 1. The molecule has 3 saturated carbocycles. The number of fused-ring (bicyclic) bond motifs is 5. The van der Waals surface area contributed by atoms with Gasteiger partial charge < -0.3 is 14.6 Å². The minimum Gasteiger partial charge on any atom is -0.434 e. The predicted octanol–water partition coefficient (Wildman–Crippen LogP) is 6.27. The molecule has 0 heterocycles. The van der Waals surface area contributed by atoms with Gasteiger partial charge in [-0.3, -0.25) is 0 Å². The highest BCUT2D eigenvalue weighted by Crippen LogP contribution is 2.65. The molecular weight excluding hydrogens is 376 g/mol. The van der Waals surface area contributed by atoms with Gasteiger partial charge in [-0.2, -0.15) is 0 Å². The van der Waals surface area contributed by atoms with E-state index in [1.165, 1.54) is 38.5 Å². The third-order valence-corrected chi connectivity index (χ3v) is 9.54. The van der Waals surface area contributed by atoms with Crippen LogP contribution in [0.3, 0.4) is 0 Å². The van der Waals surface area contributed by atoms with E-state index in [0.717, 1.165) is 32.1 Å². The van der Waals surface area contributed by atoms with Crippen LogP contribution in [0.4, 0.5) is 4.79 Å². The molecule has 0 amide bonds. The molecule has 1 N–H and O–H groups in total. The lowest BCUT2D eigenvalue weighted by Crippen LogP contribution is -2.53. The standard InChI is InChI=1S/C26H42O4/c1-4-5-6-7-16-29-24(28)30-23-11-10-21-20-9-8-18-17-19(27)12-14-25(18,2)22(20)13-15-26(21,23)3/h12,14,18-23,27H,4-11,13,15-17H2,1-3H3/t18-,19-,20-,21-,22-,23-,25-,26-/m0/s1. The molecule has 3 fully saturated rings. The number of rotatable bonds is 6. The second kappa shape index (κ2) is 8.84. The van der Waals surface area contributed by atoms with E-state index in [-0.39, 0.29) is 23.0 Å². The summed E-state index contributed by atoms with van der Waals surface area (Å²) >= 11 is 0. The SMILES string of the molecule is CCCCCCOC(=O)O[C@H]1CC[C@H]2[C@@H]3CC[C@H]4C[C@@H](O)C=C[C@]4(C)[C@H]3CC[C@]12C. The maximum atomic E-state index is 12.3. The van der Waals surface area contributed by atoms with Crippen molar-refractivity contribution in [3.63, 3.8) is 0 Å². The Bertz CT molecular complexity index is 645. The van der Waals surface area contributed by atoms with E-state index < -0.39 is 6.16 Å². The predicted molar refractivity (Wildman–Crippen MR) is 118 cm³/mol. The molecule has 4 heteroatoms. The van der Waals surface area contributed by atoms with Gasteiger partial charge in [0.15, 0.2) is 0 Å². The lowest BCUT2D eigenvalue weighted by atomic mass is 9.46. The highest BCUT2D eigenvalue weighted by atomic mass is 16.7. The fourth-order valence-electron chi connectivity index (χ4n) is 7.77. The van der Waals surface area contributed by atoms with Gasteiger partial charge in [0.1, 0.15) is 6.10 Å². The molecule has 30 heavy (non-hydrogen) atoms. The summed E-state index contributed by atoms with van der Waals surface area (Å²) in [5.41, 5.74) is 0.309. The average molecular weight is 419 g/mol. The molecule has 4 rings (SSSR count). The van der Waals surface area contributed by atoms with Gasteiger partial charge in [-0.1, -0.05) is 52.2 Å². The summed E-state index contributed by atoms with van der Waals surface area (Å²) in [5, 5.41) is 10.1. The summed E-state index contributed by atoms with van der Waals surface area (Å²) in [6.07, 6.45) is 16.0. The average Bonchev–Trinajstić information content (AvgIpc) is 3.04. The quantitative estimate of drug-likeness (QED) is 0.314. The minimum atomic E-state index is -0.458. The number of unbranched alkanes of at least 4 members (excludes halogenated alkanes) is 3. The first-order valence-electron chi connectivity index (χ1n) is 12.6.